The van der Waals surface area contributed by atoms with Gasteiger partial charge < -0.3 is 4.74 Å². The summed E-state index contributed by atoms with van der Waals surface area (Å²) in [5.74, 6) is 0.749. The van der Waals surface area contributed by atoms with Crippen molar-refractivity contribution in [3.8, 4) is 0 Å². The van der Waals surface area contributed by atoms with E-state index in [1.807, 2.05) is 0 Å². The molecule has 0 aromatic heterocycles. The van der Waals surface area contributed by atoms with E-state index in [1.165, 1.54) is 12.8 Å². The van der Waals surface area contributed by atoms with E-state index in [-0.39, 0.29) is 36.2 Å². The average Bonchev–Trinajstić information content (AvgIpc) is 2.10. The van der Waals surface area contributed by atoms with E-state index in [2.05, 4.69) is 26.5 Å². The van der Waals surface area contributed by atoms with Crippen molar-refractivity contribution in [1.82, 2.24) is 0 Å². The van der Waals surface area contributed by atoms with E-state index in [4.69, 9.17) is 4.74 Å². The molecule has 3 radical (unpaired) electrons. The van der Waals surface area contributed by atoms with Gasteiger partial charge in [0.25, 0.3) is 0 Å². The fourth-order valence-corrected chi connectivity index (χ4v) is 1.15. The summed E-state index contributed by atoms with van der Waals surface area (Å²) in [6, 6.07) is 0. The number of carbonyl (C=O) groups is 1. The number of hydrogen-bond acceptors (Lipinski definition) is 3. The Hall–Kier alpha value is 0.638. The molecule has 0 unspecified atom stereocenters. The molecule has 0 fully saturated rings. The Morgan fingerprint density at radius 2 is 1.93 bits per heavy atom. The Morgan fingerprint density at radius 1 is 1.29 bits per heavy atom. The van der Waals surface area contributed by atoms with Gasteiger partial charge in [0.1, 0.15) is 0 Å². The molecule has 0 atom stereocenters. The molecule has 0 aliphatic carbocycles. The summed E-state index contributed by atoms with van der Waals surface area (Å²) >= 11 is 3.81. The van der Waals surface area contributed by atoms with Crippen LogP contribution in [0.25, 0.3) is 0 Å². The minimum absolute atomic E-state index is 0. The largest absolute Gasteiger partial charge is 0.465 e. The first-order valence-corrected chi connectivity index (χ1v) is 5.56. The van der Waals surface area contributed by atoms with E-state index >= 15 is 0 Å². The maximum Gasteiger partial charge on any atom is 0.315 e. The van der Waals surface area contributed by atoms with E-state index < -0.39 is 0 Å². The van der Waals surface area contributed by atoms with Gasteiger partial charge in [-0.05, 0) is 12.3 Å². The zero-order valence-electron chi connectivity index (χ0n) is 9.03. The van der Waals surface area contributed by atoms with E-state index in [9.17, 15) is 4.79 Å². The molecule has 0 aliphatic heterocycles. The maximum absolute atomic E-state index is 10.7. The summed E-state index contributed by atoms with van der Waals surface area (Å²) in [5.41, 5.74) is 0. The summed E-state index contributed by atoms with van der Waals surface area (Å²) in [4.78, 5) is 10.7. The van der Waals surface area contributed by atoms with Crippen LogP contribution in [0.5, 0.6) is 0 Å². The van der Waals surface area contributed by atoms with Gasteiger partial charge in [-0.2, -0.15) is 12.6 Å². The number of esters is 1. The monoisotopic (exact) mass is 325 g/mol. The van der Waals surface area contributed by atoms with Gasteiger partial charge in [0.2, 0.25) is 0 Å². The predicted octanol–water partition coefficient (Wildman–Crippen LogP) is 2.30. The molecule has 0 saturated carbocycles. The summed E-state index contributed by atoms with van der Waals surface area (Å²) in [6.45, 7) is 5.00. The van der Waals surface area contributed by atoms with Gasteiger partial charge in [0, 0.05) is 24.4 Å². The Bertz CT molecular complexity index is 140. The van der Waals surface area contributed by atoms with Crippen molar-refractivity contribution < 1.29 is 9.53 Å². The second-order valence-electron chi connectivity index (χ2n) is 3.62. The number of unbranched alkanes of at least 4 members (excludes halogenated alkanes) is 2. The van der Waals surface area contributed by atoms with Gasteiger partial charge in [-0.1, -0.05) is 33.1 Å². The number of hydrogen-bond donors (Lipinski definition) is 1. The molecular formula is C10H20O2SSb. The number of ether oxygens (including phenoxy) is 1. The standard InChI is InChI=1S/C10H20O2S.Sb/c1-9(2)6-4-3-5-7-12-10(11)8-13;/h9,13H,3-8H2,1-2H3;. The van der Waals surface area contributed by atoms with Gasteiger partial charge in [-0.3, -0.25) is 4.79 Å². The third kappa shape index (κ3) is 12.6. The molecule has 0 aliphatic rings. The van der Waals surface area contributed by atoms with Crippen LogP contribution in [0, 0.1) is 5.92 Å². The Labute approximate surface area is 110 Å². The second-order valence-corrected chi connectivity index (χ2v) is 3.94. The summed E-state index contributed by atoms with van der Waals surface area (Å²) < 4.78 is 4.88. The van der Waals surface area contributed by atoms with Crippen LogP contribution in [0.3, 0.4) is 0 Å². The minimum Gasteiger partial charge on any atom is -0.465 e. The van der Waals surface area contributed by atoms with Crippen LogP contribution in [0.4, 0.5) is 0 Å². The van der Waals surface area contributed by atoms with Gasteiger partial charge in [-0.25, -0.2) is 0 Å². The Balaban J connectivity index is 0. The molecule has 0 aromatic carbocycles. The number of rotatable bonds is 7. The fraction of sp³-hybridized carbons (Fsp3) is 0.900. The third-order valence-corrected chi connectivity index (χ3v) is 2.08. The Kier molecular flexibility index (Phi) is 14.3. The van der Waals surface area contributed by atoms with E-state index in [0.717, 1.165) is 18.8 Å². The van der Waals surface area contributed by atoms with Crippen LogP contribution in [0.15, 0.2) is 0 Å². The molecule has 4 heteroatoms. The number of carbonyl (C=O) groups excluding carboxylic acids is 1. The molecule has 0 heterocycles. The van der Waals surface area contributed by atoms with Crippen LogP contribution in [-0.4, -0.2) is 42.8 Å². The predicted molar refractivity (Wildman–Crippen MR) is 63.9 cm³/mol. The maximum atomic E-state index is 10.7. The molecule has 0 spiro atoms. The normalized spacial score (nSPS) is 9.71. The summed E-state index contributed by atoms with van der Waals surface area (Å²) in [7, 11) is 0. The molecule has 0 saturated heterocycles. The van der Waals surface area contributed by atoms with Gasteiger partial charge in [0.15, 0.2) is 0 Å². The molecule has 2 nitrogen and oxygen atoms in total. The topological polar surface area (TPSA) is 26.3 Å². The van der Waals surface area contributed by atoms with Crippen molar-refractivity contribution in [3.63, 3.8) is 0 Å². The van der Waals surface area contributed by atoms with Crippen molar-refractivity contribution >= 4 is 43.0 Å². The van der Waals surface area contributed by atoms with Crippen molar-refractivity contribution in [1.29, 1.82) is 0 Å². The molecule has 0 aromatic rings. The summed E-state index contributed by atoms with van der Waals surface area (Å²) in [6.07, 6.45) is 4.63. The van der Waals surface area contributed by atoms with Crippen LogP contribution in [-0.2, 0) is 9.53 Å². The van der Waals surface area contributed by atoms with Crippen molar-refractivity contribution in [2.24, 2.45) is 5.92 Å². The molecule has 0 N–H and O–H groups in total. The smallest absolute Gasteiger partial charge is 0.315 e. The van der Waals surface area contributed by atoms with E-state index in [0.29, 0.717) is 6.61 Å². The molecule has 14 heavy (non-hydrogen) atoms. The summed E-state index contributed by atoms with van der Waals surface area (Å²) in [5, 5.41) is 0. The first kappa shape index (κ1) is 17.0. The van der Waals surface area contributed by atoms with Crippen molar-refractivity contribution in [2.45, 2.75) is 39.5 Å². The quantitative estimate of drug-likeness (QED) is 0.336. The Morgan fingerprint density at radius 3 is 2.43 bits per heavy atom. The van der Waals surface area contributed by atoms with E-state index in [1.54, 1.807) is 0 Å². The van der Waals surface area contributed by atoms with Crippen molar-refractivity contribution in [2.75, 3.05) is 12.4 Å². The first-order chi connectivity index (χ1) is 6.16. The average molecular weight is 326 g/mol. The number of thiol groups is 1. The van der Waals surface area contributed by atoms with Crippen LogP contribution in [0.1, 0.15) is 39.5 Å². The molecular weight excluding hydrogens is 306 g/mol. The van der Waals surface area contributed by atoms with Gasteiger partial charge in [-0.15, -0.1) is 0 Å². The van der Waals surface area contributed by atoms with Crippen LogP contribution >= 0.6 is 12.6 Å². The zero-order valence-corrected chi connectivity index (χ0v) is 12.5. The van der Waals surface area contributed by atoms with Crippen molar-refractivity contribution in [3.05, 3.63) is 0 Å². The molecule has 0 rings (SSSR count). The fourth-order valence-electron chi connectivity index (χ4n) is 1.06. The first-order valence-electron chi connectivity index (χ1n) is 4.93. The SMILES string of the molecule is CC(C)CCCCCOC(=O)CS.[Sb]. The van der Waals surface area contributed by atoms with Gasteiger partial charge >= 0.3 is 5.97 Å². The van der Waals surface area contributed by atoms with Crippen LogP contribution in [0.2, 0.25) is 0 Å². The third-order valence-electron chi connectivity index (χ3n) is 1.82. The van der Waals surface area contributed by atoms with Gasteiger partial charge in [0.05, 0.1) is 12.4 Å². The second kappa shape index (κ2) is 11.7. The van der Waals surface area contributed by atoms with Crippen LogP contribution < -0.4 is 0 Å². The molecule has 83 valence electrons. The zero-order chi connectivity index (χ0) is 10.1. The molecule has 0 bridgehead atoms. The molecule has 0 amide bonds. The minimum atomic E-state index is -0.216.